The van der Waals surface area contributed by atoms with Gasteiger partial charge < -0.3 is 14.7 Å². The van der Waals surface area contributed by atoms with E-state index >= 15 is 0 Å². The molecule has 0 aromatic heterocycles. The van der Waals surface area contributed by atoms with E-state index < -0.39 is 11.4 Å². The lowest BCUT2D eigenvalue weighted by molar-refractivity contribution is -0.153. The van der Waals surface area contributed by atoms with Crippen molar-refractivity contribution in [1.82, 2.24) is 4.90 Å². The fourth-order valence-corrected chi connectivity index (χ4v) is 3.17. The van der Waals surface area contributed by atoms with Gasteiger partial charge in [0.05, 0.1) is 6.10 Å². The number of aryl methyl sites for hydroxylation is 1. The predicted octanol–water partition coefficient (Wildman–Crippen LogP) is 2.10. The average Bonchev–Trinajstić information content (AvgIpc) is 3.25. The van der Waals surface area contributed by atoms with Crippen LogP contribution < -0.4 is 0 Å². The van der Waals surface area contributed by atoms with E-state index in [4.69, 9.17) is 4.74 Å². The maximum absolute atomic E-state index is 12.3. The maximum atomic E-state index is 12.3. The van der Waals surface area contributed by atoms with Gasteiger partial charge in [0.1, 0.15) is 5.41 Å². The molecule has 3 rings (SSSR count). The van der Waals surface area contributed by atoms with Crippen molar-refractivity contribution in [3.05, 3.63) is 35.9 Å². The van der Waals surface area contributed by atoms with Gasteiger partial charge in [-0.15, -0.1) is 0 Å². The zero-order valence-corrected chi connectivity index (χ0v) is 13.2. The lowest BCUT2D eigenvalue weighted by atomic mass is 10.1. The van der Waals surface area contributed by atoms with E-state index in [1.165, 1.54) is 5.56 Å². The van der Waals surface area contributed by atoms with E-state index in [1.807, 2.05) is 18.2 Å². The number of amides is 1. The van der Waals surface area contributed by atoms with E-state index in [2.05, 4.69) is 12.1 Å². The topological polar surface area (TPSA) is 66.8 Å². The highest BCUT2D eigenvalue weighted by atomic mass is 16.5. The molecule has 0 spiro atoms. The quantitative estimate of drug-likeness (QED) is 0.618. The number of hydrogen-bond donors (Lipinski definition) is 1. The Hall–Kier alpha value is -1.88. The van der Waals surface area contributed by atoms with E-state index in [0.29, 0.717) is 32.5 Å². The summed E-state index contributed by atoms with van der Waals surface area (Å²) in [7, 11) is 0. The molecular formula is C18H23NO4. The van der Waals surface area contributed by atoms with E-state index in [9.17, 15) is 14.7 Å². The van der Waals surface area contributed by atoms with Crippen LogP contribution in [0.1, 0.15) is 31.2 Å². The first-order chi connectivity index (χ1) is 11.1. The Bertz CT molecular complexity index is 568. The van der Waals surface area contributed by atoms with E-state index in [-0.39, 0.29) is 12.0 Å². The molecule has 1 aromatic carbocycles. The summed E-state index contributed by atoms with van der Waals surface area (Å²) in [6.07, 6.45) is 3.72. The molecule has 2 fully saturated rings. The number of carbonyl (C=O) groups is 2. The second-order valence-corrected chi connectivity index (χ2v) is 6.51. The van der Waals surface area contributed by atoms with Crippen LogP contribution >= 0.6 is 0 Å². The number of hydrogen-bond acceptors (Lipinski definition) is 3. The Morgan fingerprint density at radius 1 is 1.26 bits per heavy atom. The number of carboxylic acids is 1. The number of benzene rings is 1. The molecule has 0 bridgehead atoms. The number of carbonyl (C=O) groups excluding carboxylic acids is 1. The number of ether oxygens (including phenoxy) is 1. The van der Waals surface area contributed by atoms with E-state index in [1.54, 1.807) is 4.90 Å². The minimum atomic E-state index is -1.12. The number of likely N-dealkylation sites (tertiary alicyclic amines) is 1. The fraction of sp³-hybridized carbons (Fsp3) is 0.556. The molecule has 1 saturated heterocycles. The van der Waals surface area contributed by atoms with Crippen molar-refractivity contribution in [2.75, 3.05) is 19.7 Å². The maximum Gasteiger partial charge on any atom is 0.319 e. The van der Waals surface area contributed by atoms with E-state index in [0.717, 1.165) is 19.3 Å². The van der Waals surface area contributed by atoms with Gasteiger partial charge in [0.15, 0.2) is 0 Å². The molecule has 124 valence electrons. The first kappa shape index (κ1) is 16.0. The molecule has 1 amide bonds. The van der Waals surface area contributed by atoms with Crippen LogP contribution in [0.25, 0.3) is 0 Å². The van der Waals surface area contributed by atoms with Gasteiger partial charge in [-0.3, -0.25) is 9.59 Å². The fourth-order valence-electron chi connectivity index (χ4n) is 3.17. The van der Waals surface area contributed by atoms with Crippen LogP contribution in [-0.2, 0) is 20.7 Å². The van der Waals surface area contributed by atoms with Crippen LogP contribution in [0.4, 0.5) is 0 Å². The molecule has 0 unspecified atom stereocenters. The third kappa shape index (κ3) is 3.55. The third-order valence-corrected chi connectivity index (χ3v) is 4.81. The minimum Gasteiger partial charge on any atom is -0.480 e. The Morgan fingerprint density at radius 3 is 2.65 bits per heavy atom. The van der Waals surface area contributed by atoms with Crippen LogP contribution in [0.15, 0.2) is 30.3 Å². The van der Waals surface area contributed by atoms with Crippen LogP contribution in [-0.4, -0.2) is 47.7 Å². The van der Waals surface area contributed by atoms with Crippen molar-refractivity contribution in [1.29, 1.82) is 0 Å². The Morgan fingerprint density at radius 2 is 2.00 bits per heavy atom. The Kier molecular flexibility index (Phi) is 4.66. The van der Waals surface area contributed by atoms with Gasteiger partial charge in [-0.05, 0) is 37.7 Å². The SMILES string of the molecule is O=C(O)C1(C(=O)N2CC[C@H](OCCCc3ccccc3)C2)CC1. The van der Waals surface area contributed by atoms with Crippen LogP contribution in [0.3, 0.4) is 0 Å². The molecule has 1 aromatic rings. The van der Waals surface area contributed by atoms with Crippen molar-refractivity contribution in [2.24, 2.45) is 5.41 Å². The molecule has 1 saturated carbocycles. The Balaban J connectivity index is 1.39. The molecule has 2 aliphatic rings. The molecule has 0 radical (unpaired) electrons. The zero-order valence-electron chi connectivity index (χ0n) is 13.2. The van der Waals surface area contributed by atoms with Crippen LogP contribution in [0, 0.1) is 5.41 Å². The summed E-state index contributed by atoms with van der Waals surface area (Å²) in [5.74, 6) is -1.20. The Labute approximate surface area is 136 Å². The standard InChI is InChI=1S/C18H23NO4/c20-16(18(9-10-18)17(21)22)19-11-8-15(13-19)23-12-4-7-14-5-2-1-3-6-14/h1-3,5-6,15H,4,7-13H2,(H,21,22)/t15-/m0/s1. The van der Waals surface area contributed by atoms with Gasteiger partial charge in [-0.2, -0.15) is 0 Å². The summed E-state index contributed by atoms with van der Waals surface area (Å²) in [6.45, 7) is 1.81. The molecule has 1 aliphatic carbocycles. The van der Waals surface area contributed by atoms with Gasteiger partial charge in [-0.25, -0.2) is 0 Å². The number of nitrogens with zero attached hydrogens (tertiary/aromatic N) is 1. The first-order valence-corrected chi connectivity index (χ1v) is 8.30. The second-order valence-electron chi connectivity index (χ2n) is 6.51. The zero-order chi connectivity index (χ0) is 16.3. The lowest BCUT2D eigenvalue weighted by Gasteiger charge is -2.20. The smallest absolute Gasteiger partial charge is 0.319 e. The minimum absolute atomic E-state index is 0.0410. The van der Waals surface area contributed by atoms with Gasteiger partial charge in [0.25, 0.3) is 0 Å². The highest BCUT2D eigenvalue weighted by Crippen LogP contribution is 2.48. The van der Waals surface area contributed by atoms with Crippen molar-refractivity contribution in [3.63, 3.8) is 0 Å². The van der Waals surface area contributed by atoms with Crippen molar-refractivity contribution in [3.8, 4) is 0 Å². The highest BCUT2D eigenvalue weighted by molar-refractivity contribution is 6.04. The van der Waals surface area contributed by atoms with Gasteiger partial charge in [0, 0.05) is 19.7 Å². The van der Waals surface area contributed by atoms with Crippen molar-refractivity contribution < 1.29 is 19.4 Å². The number of rotatable bonds is 7. The molecule has 1 heterocycles. The number of aliphatic carboxylic acids is 1. The molecular weight excluding hydrogens is 294 g/mol. The predicted molar refractivity (Wildman–Crippen MR) is 85.0 cm³/mol. The van der Waals surface area contributed by atoms with Gasteiger partial charge in [0.2, 0.25) is 5.91 Å². The molecule has 5 heteroatoms. The summed E-state index contributed by atoms with van der Waals surface area (Å²) in [5.41, 5.74) is 0.179. The summed E-state index contributed by atoms with van der Waals surface area (Å²) >= 11 is 0. The summed E-state index contributed by atoms with van der Waals surface area (Å²) < 4.78 is 5.86. The molecule has 1 atom stereocenters. The van der Waals surface area contributed by atoms with Crippen molar-refractivity contribution in [2.45, 2.75) is 38.2 Å². The molecule has 1 N–H and O–H groups in total. The highest BCUT2D eigenvalue weighted by Gasteiger charge is 2.59. The molecule has 1 aliphatic heterocycles. The summed E-state index contributed by atoms with van der Waals surface area (Å²) in [5, 5.41) is 9.20. The third-order valence-electron chi connectivity index (χ3n) is 4.81. The summed E-state index contributed by atoms with van der Waals surface area (Å²) in [6, 6.07) is 10.3. The molecule has 23 heavy (non-hydrogen) atoms. The summed E-state index contributed by atoms with van der Waals surface area (Å²) in [4.78, 5) is 25.2. The normalized spacial score (nSPS) is 22.1. The van der Waals surface area contributed by atoms with Gasteiger partial charge in [-0.1, -0.05) is 30.3 Å². The monoisotopic (exact) mass is 317 g/mol. The number of carboxylic acid groups (broad SMARTS) is 1. The molecule has 5 nitrogen and oxygen atoms in total. The second kappa shape index (κ2) is 6.71. The lowest BCUT2D eigenvalue weighted by Crippen LogP contribution is -2.40. The largest absolute Gasteiger partial charge is 0.480 e. The van der Waals surface area contributed by atoms with Crippen LogP contribution in [0.2, 0.25) is 0 Å². The first-order valence-electron chi connectivity index (χ1n) is 8.30. The van der Waals surface area contributed by atoms with Crippen LogP contribution in [0.5, 0.6) is 0 Å². The van der Waals surface area contributed by atoms with Gasteiger partial charge >= 0.3 is 5.97 Å². The van der Waals surface area contributed by atoms with Crippen molar-refractivity contribution >= 4 is 11.9 Å². The average molecular weight is 317 g/mol.